The summed E-state index contributed by atoms with van der Waals surface area (Å²) in [5, 5.41) is 11.0. The van der Waals surface area contributed by atoms with Gasteiger partial charge in [-0.1, -0.05) is 35.3 Å². The number of hydrogen-bond donors (Lipinski definition) is 2. The molecule has 2 aromatic carbocycles. The molecule has 0 saturated carbocycles. The molecule has 1 atom stereocenters. The summed E-state index contributed by atoms with van der Waals surface area (Å²) in [6, 6.07) is 10.0. The molecule has 0 unspecified atom stereocenters. The van der Waals surface area contributed by atoms with Crippen molar-refractivity contribution < 1.29 is 18.3 Å². The number of methoxy groups -OCH3 is 1. The number of ether oxygens (including phenoxy) is 1. The Balaban J connectivity index is 2.11. The molecule has 2 rings (SSSR count). The number of nitrogens with one attached hydrogen (secondary N) is 1. The molecule has 0 amide bonds. The zero-order chi connectivity index (χ0) is 19.5. The van der Waals surface area contributed by atoms with Crippen LogP contribution in [0.4, 0.5) is 0 Å². The summed E-state index contributed by atoms with van der Waals surface area (Å²) in [6.45, 7) is 3.09. The predicted octanol–water partition coefficient (Wildman–Crippen LogP) is 3.58. The molecule has 0 aliphatic carbocycles. The highest BCUT2D eigenvalue weighted by atomic mass is 35.5. The Hall–Kier alpha value is -1.31. The van der Waals surface area contributed by atoms with Crippen LogP contribution in [0.2, 0.25) is 10.0 Å². The van der Waals surface area contributed by atoms with Gasteiger partial charge in [0.05, 0.1) is 17.7 Å². The van der Waals surface area contributed by atoms with E-state index in [4.69, 9.17) is 27.9 Å². The summed E-state index contributed by atoms with van der Waals surface area (Å²) in [5.41, 5.74) is 0.173. The topological polar surface area (TPSA) is 75.6 Å². The zero-order valence-electron chi connectivity index (χ0n) is 14.7. The van der Waals surface area contributed by atoms with Crippen molar-refractivity contribution in [3.8, 4) is 5.75 Å². The molecule has 0 bridgehead atoms. The first-order valence-corrected chi connectivity index (χ1v) is 10.1. The van der Waals surface area contributed by atoms with Gasteiger partial charge in [-0.25, -0.2) is 13.1 Å². The van der Waals surface area contributed by atoms with E-state index in [0.717, 1.165) is 5.56 Å². The highest BCUT2D eigenvalue weighted by Gasteiger charge is 2.26. The molecule has 0 spiro atoms. The van der Waals surface area contributed by atoms with Gasteiger partial charge in [-0.2, -0.15) is 0 Å². The Morgan fingerprint density at radius 2 is 1.77 bits per heavy atom. The monoisotopic (exact) mass is 417 g/mol. The summed E-state index contributed by atoms with van der Waals surface area (Å²) in [4.78, 5) is -0.0682. The van der Waals surface area contributed by atoms with Gasteiger partial charge in [-0.05, 0) is 49.2 Å². The van der Waals surface area contributed by atoms with Crippen LogP contribution in [0.5, 0.6) is 5.75 Å². The molecular formula is C18H21Cl2NO4S. The molecule has 26 heavy (non-hydrogen) atoms. The van der Waals surface area contributed by atoms with Crippen LogP contribution in [0.25, 0.3) is 0 Å². The van der Waals surface area contributed by atoms with E-state index < -0.39 is 15.6 Å². The molecule has 2 aromatic rings. The van der Waals surface area contributed by atoms with Gasteiger partial charge < -0.3 is 9.84 Å². The van der Waals surface area contributed by atoms with Crippen molar-refractivity contribution in [3.63, 3.8) is 0 Å². The smallest absolute Gasteiger partial charge is 0.242 e. The maximum atomic E-state index is 12.5. The molecule has 5 nitrogen and oxygen atoms in total. The predicted molar refractivity (Wildman–Crippen MR) is 104 cm³/mol. The van der Waals surface area contributed by atoms with Crippen LogP contribution in [0.1, 0.15) is 18.1 Å². The van der Waals surface area contributed by atoms with E-state index in [0.29, 0.717) is 16.3 Å². The second kappa shape index (κ2) is 8.15. The molecule has 0 aromatic heterocycles. The molecule has 0 saturated heterocycles. The summed E-state index contributed by atoms with van der Waals surface area (Å²) in [6.07, 6.45) is 0.271. The third kappa shape index (κ3) is 5.34. The van der Waals surface area contributed by atoms with Crippen molar-refractivity contribution in [2.75, 3.05) is 13.7 Å². The Morgan fingerprint density at radius 1 is 1.15 bits per heavy atom. The molecule has 0 aliphatic rings. The van der Waals surface area contributed by atoms with Crippen molar-refractivity contribution >= 4 is 33.2 Å². The first-order valence-electron chi connectivity index (χ1n) is 7.85. The summed E-state index contributed by atoms with van der Waals surface area (Å²) >= 11 is 12.0. The van der Waals surface area contributed by atoms with Crippen molar-refractivity contribution in [1.29, 1.82) is 0 Å². The number of rotatable bonds is 7. The Kier molecular flexibility index (Phi) is 6.58. The van der Waals surface area contributed by atoms with Crippen molar-refractivity contribution in [2.24, 2.45) is 0 Å². The summed E-state index contributed by atoms with van der Waals surface area (Å²) in [5.74, 6) is 0.710. The van der Waals surface area contributed by atoms with Crippen LogP contribution in [-0.4, -0.2) is 32.8 Å². The van der Waals surface area contributed by atoms with E-state index in [1.165, 1.54) is 12.1 Å². The SMILES string of the molecule is COc1ccc(C[C@@](C)(O)CNS(=O)(=O)c2cc(C)c(Cl)cc2Cl)cc1. The second-order valence-corrected chi connectivity index (χ2v) is 8.93. The number of aryl methyl sites for hydroxylation is 1. The molecule has 8 heteroatoms. The number of aliphatic hydroxyl groups is 1. The second-order valence-electron chi connectivity index (χ2n) is 6.38. The van der Waals surface area contributed by atoms with Gasteiger partial charge in [0.2, 0.25) is 10.0 Å². The lowest BCUT2D eigenvalue weighted by atomic mass is 9.97. The summed E-state index contributed by atoms with van der Waals surface area (Å²) in [7, 11) is -2.31. The normalized spacial score (nSPS) is 14.1. The lowest BCUT2D eigenvalue weighted by molar-refractivity contribution is 0.0657. The minimum atomic E-state index is -3.89. The van der Waals surface area contributed by atoms with Crippen LogP contribution in [0.15, 0.2) is 41.3 Å². The highest BCUT2D eigenvalue weighted by Crippen LogP contribution is 2.28. The average molecular weight is 418 g/mol. The first kappa shape index (κ1) is 21.0. The Labute approximate surface area is 164 Å². The van der Waals surface area contributed by atoms with Crippen LogP contribution >= 0.6 is 23.2 Å². The van der Waals surface area contributed by atoms with E-state index >= 15 is 0 Å². The number of halogens is 2. The van der Waals surface area contributed by atoms with E-state index in [1.54, 1.807) is 33.1 Å². The zero-order valence-corrected chi connectivity index (χ0v) is 17.0. The standard InChI is InChI=1S/C18H21Cl2NO4S/c1-12-8-17(16(20)9-15(12)19)26(23,24)21-11-18(2,22)10-13-4-6-14(25-3)7-5-13/h4-9,21-22H,10-11H2,1-3H3/t18-/m1/s1. The molecule has 0 aliphatic heterocycles. The van der Waals surface area contributed by atoms with Gasteiger partial charge in [0.25, 0.3) is 0 Å². The van der Waals surface area contributed by atoms with Gasteiger partial charge in [0.15, 0.2) is 0 Å². The lowest BCUT2D eigenvalue weighted by Crippen LogP contribution is -2.42. The van der Waals surface area contributed by atoms with Gasteiger partial charge in [0.1, 0.15) is 10.6 Å². The first-order chi connectivity index (χ1) is 12.0. The maximum Gasteiger partial charge on any atom is 0.242 e. The van der Waals surface area contributed by atoms with Crippen molar-refractivity contribution in [3.05, 3.63) is 57.6 Å². The van der Waals surface area contributed by atoms with Gasteiger partial charge in [-0.3, -0.25) is 0 Å². The Bertz CT molecular complexity index is 881. The van der Waals surface area contributed by atoms with Crippen LogP contribution in [0, 0.1) is 6.92 Å². The minimum Gasteiger partial charge on any atom is -0.497 e. The van der Waals surface area contributed by atoms with Gasteiger partial charge >= 0.3 is 0 Å². The van der Waals surface area contributed by atoms with Crippen molar-refractivity contribution in [2.45, 2.75) is 30.8 Å². The minimum absolute atomic E-state index is 0.0305. The number of sulfonamides is 1. The third-order valence-electron chi connectivity index (χ3n) is 3.89. The van der Waals surface area contributed by atoms with Crippen LogP contribution in [-0.2, 0) is 16.4 Å². The Morgan fingerprint density at radius 3 is 2.35 bits per heavy atom. The van der Waals surface area contributed by atoms with Gasteiger partial charge in [0, 0.05) is 18.0 Å². The van der Waals surface area contributed by atoms with Crippen LogP contribution in [0.3, 0.4) is 0 Å². The maximum absolute atomic E-state index is 12.5. The lowest BCUT2D eigenvalue weighted by Gasteiger charge is -2.24. The fourth-order valence-corrected chi connectivity index (χ4v) is 4.40. The quantitative estimate of drug-likeness (QED) is 0.721. The number of benzene rings is 2. The van der Waals surface area contributed by atoms with Crippen LogP contribution < -0.4 is 9.46 Å². The summed E-state index contributed by atoms with van der Waals surface area (Å²) < 4.78 is 32.6. The molecule has 142 valence electrons. The van der Waals surface area contributed by atoms with Crippen molar-refractivity contribution in [1.82, 2.24) is 4.72 Å². The number of hydrogen-bond acceptors (Lipinski definition) is 4. The van der Waals surface area contributed by atoms with E-state index in [-0.39, 0.29) is 22.9 Å². The fraction of sp³-hybridized carbons (Fsp3) is 0.333. The third-order valence-corrected chi connectivity index (χ3v) is 6.16. The highest BCUT2D eigenvalue weighted by molar-refractivity contribution is 7.89. The van der Waals surface area contributed by atoms with E-state index in [1.807, 2.05) is 12.1 Å². The molecule has 2 N–H and O–H groups in total. The van der Waals surface area contributed by atoms with Gasteiger partial charge in [-0.15, -0.1) is 0 Å². The molecular weight excluding hydrogens is 397 g/mol. The van der Waals surface area contributed by atoms with E-state index in [9.17, 15) is 13.5 Å². The average Bonchev–Trinajstić information content (AvgIpc) is 2.57. The van der Waals surface area contributed by atoms with E-state index in [2.05, 4.69) is 4.72 Å². The largest absolute Gasteiger partial charge is 0.497 e. The molecule has 0 radical (unpaired) electrons. The molecule has 0 heterocycles. The fourth-order valence-electron chi connectivity index (χ4n) is 2.41. The molecule has 0 fully saturated rings.